The molecule has 1 atom stereocenters. The largest absolute Gasteiger partial charge is 0.0809 e. The van der Waals surface area contributed by atoms with Crippen LogP contribution in [0.15, 0.2) is 24.3 Å². The third-order valence-electron chi connectivity index (χ3n) is 4.47. The van der Waals surface area contributed by atoms with Crippen molar-refractivity contribution in [2.24, 2.45) is 0 Å². The van der Waals surface area contributed by atoms with Crippen LogP contribution < -0.4 is 0 Å². The fourth-order valence-electron chi connectivity index (χ4n) is 2.95. The number of rotatable bonds is 12. The monoisotopic (exact) mass is 297 g/mol. The molecular formula is C22H33. The van der Waals surface area contributed by atoms with Gasteiger partial charge in [-0.05, 0) is 36.8 Å². The Morgan fingerprint density at radius 2 is 1.41 bits per heavy atom. The highest BCUT2D eigenvalue weighted by Gasteiger charge is 2.08. The van der Waals surface area contributed by atoms with E-state index in [1.807, 2.05) is 0 Å². The van der Waals surface area contributed by atoms with Crippen molar-refractivity contribution in [2.75, 3.05) is 0 Å². The first-order valence-corrected chi connectivity index (χ1v) is 9.32. The fourth-order valence-corrected chi connectivity index (χ4v) is 2.95. The van der Waals surface area contributed by atoms with E-state index in [-0.39, 0.29) is 5.92 Å². The molecule has 0 amide bonds. The Balaban J connectivity index is 2.33. The van der Waals surface area contributed by atoms with Crippen molar-refractivity contribution in [1.29, 1.82) is 0 Å². The topological polar surface area (TPSA) is 0 Å². The van der Waals surface area contributed by atoms with Crippen LogP contribution in [0.4, 0.5) is 0 Å². The molecule has 0 aliphatic heterocycles. The van der Waals surface area contributed by atoms with Gasteiger partial charge in [0.1, 0.15) is 0 Å². The maximum atomic E-state index is 7.53. The van der Waals surface area contributed by atoms with Crippen LogP contribution in [0, 0.1) is 12.3 Å². The molecule has 0 heteroatoms. The lowest BCUT2D eigenvalue weighted by Crippen LogP contribution is -1.96. The number of unbranched alkanes of at least 4 members (excludes halogenated alkanes) is 7. The molecule has 0 aliphatic rings. The second-order valence-corrected chi connectivity index (χ2v) is 6.45. The predicted octanol–water partition coefficient (Wildman–Crippen LogP) is 6.84. The Hall–Kier alpha value is -1.22. The van der Waals surface area contributed by atoms with Crippen LogP contribution in [0.3, 0.4) is 0 Å². The Labute approximate surface area is 138 Å². The van der Waals surface area contributed by atoms with Crippen molar-refractivity contribution in [2.45, 2.75) is 90.4 Å². The highest BCUT2D eigenvalue weighted by atomic mass is 14.1. The molecule has 1 aromatic carbocycles. The van der Waals surface area contributed by atoms with Gasteiger partial charge in [0.25, 0.3) is 0 Å². The molecule has 0 aliphatic carbocycles. The molecule has 0 heterocycles. The zero-order valence-corrected chi connectivity index (χ0v) is 14.7. The Morgan fingerprint density at radius 1 is 0.818 bits per heavy atom. The molecule has 0 saturated heterocycles. The quantitative estimate of drug-likeness (QED) is 0.292. The van der Waals surface area contributed by atoms with Crippen molar-refractivity contribution < 1.29 is 0 Å². The normalized spacial score (nSPS) is 12.0. The molecule has 0 spiro atoms. The standard InChI is InChI=1S/C22H33/c1-4-7-9-10-11-13-14-20-16-18-22(19-17-20)21(6-3)15-12-8-5-2/h16-19,21H,4-5,7-15H2,1-2H3. The highest BCUT2D eigenvalue weighted by Crippen LogP contribution is 2.22. The maximum absolute atomic E-state index is 7.53. The summed E-state index contributed by atoms with van der Waals surface area (Å²) in [6, 6.07) is 8.94. The van der Waals surface area contributed by atoms with Gasteiger partial charge < -0.3 is 0 Å². The summed E-state index contributed by atoms with van der Waals surface area (Å²) in [5, 5.41) is 0. The SMILES string of the molecule is [C]#CC(CCCCC)c1ccc(CCCCCCCC)cc1. The van der Waals surface area contributed by atoms with E-state index in [0.717, 1.165) is 6.42 Å². The molecule has 1 rings (SSSR count). The molecule has 0 aromatic heterocycles. The van der Waals surface area contributed by atoms with E-state index in [0.29, 0.717) is 0 Å². The maximum Gasteiger partial charge on any atom is 0.0462 e. The van der Waals surface area contributed by atoms with Crippen LogP contribution in [-0.2, 0) is 6.42 Å². The van der Waals surface area contributed by atoms with E-state index >= 15 is 0 Å². The van der Waals surface area contributed by atoms with Gasteiger partial charge in [0.05, 0.1) is 0 Å². The van der Waals surface area contributed by atoms with Gasteiger partial charge in [-0.1, -0.05) is 95.4 Å². The molecule has 0 saturated carbocycles. The van der Waals surface area contributed by atoms with Crippen LogP contribution in [-0.4, -0.2) is 0 Å². The smallest absolute Gasteiger partial charge is 0.0462 e. The zero-order chi connectivity index (χ0) is 16.0. The second kappa shape index (κ2) is 12.3. The third-order valence-corrected chi connectivity index (χ3v) is 4.47. The van der Waals surface area contributed by atoms with E-state index in [4.69, 9.17) is 6.42 Å². The van der Waals surface area contributed by atoms with Gasteiger partial charge in [0, 0.05) is 5.92 Å². The molecule has 0 fully saturated rings. The molecule has 0 nitrogen and oxygen atoms in total. The van der Waals surface area contributed by atoms with Crippen molar-refractivity contribution in [1.82, 2.24) is 0 Å². The predicted molar refractivity (Wildman–Crippen MR) is 97.5 cm³/mol. The Kier molecular flexibility index (Phi) is 10.6. The van der Waals surface area contributed by atoms with Gasteiger partial charge in [-0.3, -0.25) is 0 Å². The van der Waals surface area contributed by atoms with Crippen molar-refractivity contribution in [3.63, 3.8) is 0 Å². The molecule has 0 N–H and O–H groups in total. The van der Waals surface area contributed by atoms with Gasteiger partial charge in [-0.2, -0.15) is 0 Å². The third kappa shape index (κ3) is 7.69. The lowest BCUT2D eigenvalue weighted by Gasteiger charge is -2.11. The first-order valence-electron chi connectivity index (χ1n) is 9.32. The van der Waals surface area contributed by atoms with Crippen LogP contribution >= 0.6 is 0 Å². The Morgan fingerprint density at radius 3 is 2.05 bits per heavy atom. The van der Waals surface area contributed by atoms with Gasteiger partial charge in [-0.25, -0.2) is 0 Å². The molecule has 1 radical (unpaired) electrons. The fraction of sp³-hybridized carbons (Fsp3) is 0.636. The average molecular weight is 298 g/mol. The molecule has 1 unspecified atom stereocenters. The molecular weight excluding hydrogens is 264 g/mol. The summed E-state index contributed by atoms with van der Waals surface area (Å²) in [7, 11) is 0. The number of aryl methyl sites for hydroxylation is 1. The van der Waals surface area contributed by atoms with E-state index < -0.39 is 0 Å². The Bertz CT molecular complexity index is 407. The lowest BCUT2D eigenvalue weighted by molar-refractivity contribution is 0.607. The highest BCUT2D eigenvalue weighted by molar-refractivity contribution is 5.29. The lowest BCUT2D eigenvalue weighted by atomic mass is 9.92. The van der Waals surface area contributed by atoms with Crippen LogP contribution in [0.2, 0.25) is 0 Å². The van der Waals surface area contributed by atoms with Gasteiger partial charge >= 0.3 is 0 Å². The van der Waals surface area contributed by atoms with Gasteiger partial charge in [-0.15, -0.1) is 0 Å². The van der Waals surface area contributed by atoms with E-state index in [9.17, 15) is 0 Å². The number of benzene rings is 1. The summed E-state index contributed by atoms with van der Waals surface area (Å²) in [5.74, 6) is 2.91. The summed E-state index contributed by atoms with van der Waals surface area (Å²) in [6.45, 7) is 4.49. The number of hydrogen-bond acceptors (Lipinski definition) is 0. The molecule has 1 aromatic rings. The van der Waals surface area contributed by atoms with E-state index in [1.54, 1.807) is 0 Å². The minimum absolute atomic E-state index is 0.189. The summed E-state index contributed by atoms with van der Waals surface area (Å²) < 4.78 is 0. The van der Waals surface area contributed by atoms with Crippen LogP contribution in [0.25, 0.3) is 0 Å². The summed E-state index contributed by atoms with van der Waals surface area (Å²) in [4.78, 5) is 0. The molecule has 121 valence electrons. The minimum atomic E-state index is 0.189. The van der Waals surface area contributed by atoms with E-state index in [2.05, 4.69) is 44.0 Å². The van der Waals surface area contributed by atoms with Crippen LogP contribution in [0.5, 0.6) is 0 Å². The van der Waals surface area contributed by atoms with Gasteiger partial charge in [0.2, 0.25) is 0 Å². The summed E-state index contributed by atoms with van der Waals surface area (Å²) in [6.07, 6.45) is 21.6. The van der Waals surface area contributed by atoms with Gasteiger partial charge in [0.15, 0.2) is 0 Å². The zero-order valence-electron chi connectivity index (χ0n) is 14.7. The van der Waals surface area contributed by atoms with Crippen molar-refractivity contribution in [3.8, 4) is 5.92 Å². The summed E-state index contributed by atoms with van der Waals surface area (Å²) in [5.41, 5.74) is 2.70. The molecule has 22 heavy (non-hydrogen) atoms. The average Bonchev–Trinajstić information content (AvgIpc) is 2.56. The van der Waals surface area contributed by atoms with E-state index in [1.165, 1.54) is 75.3 Å². The second-order valence-electron chi connectivity index (χ2n) is 6.45. The first-order chi connectivity index (χ1) is 10.8. The number of hydrogen-bond donors (Lipinski definition) is 0. The summed E-state index contributed by atoms with van der Waals surface area (Å²) >= 11 is 0. The van der Waals surface area contributed by atoms with Crippen molar-refractivity contribution in [3.05, 3.63) is 41.8 Å². The van der Waals surface area contributed by atoms with Crippen LogP contribution in [0.1, 0.15) is 95.1 Å². The first kappa shape index (κ1) is 18.8. The molecule has 0 bridgehead atoms. The minimum Gasteiger partial charge on any atom is -0.0809 e. The van der Waals surface area contributed by atoms with Crippen molar-refractivity contribution >= 4 is 0 Å².